The molecule has 0 spiro atoms. The Morgan fingerprint density at radius 1 is 0.690 bits per heavy atom. The Morgan fingerprint density at radius 3 is 1.55 bits per heavy atom. The number of rotatable bonds is 23. The van der Waals surface area contributed by atoms with Crippen LogP contribution in [-0.4, -0.2) is 114 Å². The van der Waals surface area contributed by atoms with Gasteiger partial charge in [-0.15, -0.1) is 0 Å². The van der Waals surface area contributed by atoms with Gasteiger partial charge in [0.1, 0.15) is 11.5 Å². The predicted octanol–water partition coefficient (Wildman–Crippen LogP) is 5.01. The molecule has 0 aliphatic carbocycles. The van der Waals surface area contributed by atoms with Crippen LogP contribution in [0.5, 0.6) is 11.5 Å². The number of carboxylic acid groups (broad SMARTS) is 2. The van der Waals surface area contributed by atoms with Gasteiger partial charge in [-0.1, -0.05) is 37.1 Å². The van der Waals surface area contributed by atoms with Crippen molar-refractivity contribution < 1.29 is 29.3 Å². The second kappa shape index (κ2) is 21.0. The first-order valence-electron chi connectivity index (χ1n) is 20.7. The van der Waals surface area contributed by atoms with E-state index < -0.39 is 23.8 Å². The number of carboxylic acids is 2. The predicted molar refractivity (Wildman–Crippen MR) is 220 cm³/mol. The molecule has 4 aromatic rings. The first-order chi connectivity index (χ1) is 28.1. The third kappa shape index (κ3) is 12.6. The van der Waals surface area contributed by atoms with E-state index in [1.807, 2.05) is 24.3 Å². The van der Waals surface area contributed by atoms with Gasteiger partial charge >= 0.3 is 11.9 Å². The molecule has 0 saturated carbocycles. The minimum atomic E-state index is -1.78. The van der Waals surface area contributed by atoms with Crippen LogP contribution >= 0.6 is 0 Å². The molecule has 58 heavy (non-hydrogen) atoms. The number of anilines is 2. The van der Waals surface area contributed by atoms with E-state index in [9.17, 15) is 19.8 Å². The molecule has 2 fully saturated rings. The number of nitrogens with zero attached hydrogens (tertiary/aromatic N) is 8. The van der Waals surface area contributed by atoms with E-state index in [0.717, 1.165) is 50.8 Å². The van der Waals surface area contributed by atoms with E-state index in [1.165, 1.54) is 59.0 Å². The Morgan fingerprint density at radius 2 is 1.14 bits per heavy atom. The Hall–Kier alpha value is -5.22. The lowest BCUT2D eigenvalue weighted by Gasteiger charge is -2.26. The van der Waals surface area contributed by atoms with E-state index >= 15 is 0 Å². The summed E-state index contributed by atoms with van der Waals surface area (Å²) in [6.07, 6.45) is 7.94. The van der Waals surface area contributed by atoms with Crippen LogP contribution in [0.25, 0.3) is 0 Å². The summed E-state index contributed by atoms with van der Waals surface area (Å²) in [7, 11) is 3.42. The van der Waals surface area contributed by atoms with Gasteiger partial charge in [0.15, 0.2) is 11.6 Å². The molecule has 4 N–H and O–H groups in total. The summed E-state index contributed by atoms with van der Waals surface area (Å²) < 4.78 is 15.1. The van der Waals surface area contributed by atoms with Crippen molar-refractivity contribution in [3.8, 4) is 11.5 Å². The fourth-order valence-electron chi connectivity index (χ4n) is 7.79. The standard InChI is InChI=1S/C42H60N10O6/c1-49-40(43-17-11-23-57-34-15-9-13-32(25-34)30-51-19-5-3-6-20-51)45-36(47-49)27-42(39(55)56,29-38(53)54)28-37-46-41(50(2)48-37)44-18-12-24-58-35-16-10-14-33(26-35)31-52-21-7-4-8-22-52/h9-10,13-16,25-26H,3-8,11-12,17-24,27-31H2,1-2H3,(H,53,54)(H,55,56)(H,43,45,47)(H,44,46,48). The first-order valence-corrected chi connectivity index (χ1v) is 20.7. The molecule has 6 rings (SSSR count). The molecule has 2 saturated heterocycles. The number of nitrogens with one attached hydrogen (secondary N) is 2. The van der Waals surface area contributed by atoms with Crippen LogP contribution in [0, 0.1) is 5.41 Å². The number of aryl methyl sites for hydroxylation is 2. The lowest BCUT2D eigenvalue weighted by molar-refractivity contribution is -0.156. The van der Waals surface area contributed by atoms with E-state index in [0.29, 0.717) is 51.0 Å². The minimum Gasteiger partial charge on any atom is -0.494 e. The van der Waals surface area contributed by atoms with Gasteiger partial charge in [0.2, 0.25) is 11.9 Å². The number of ether oxygens (including phenoxy) is 2. The smallest absolute Gasteiger partial charge is 0.311 e. The van der Waals surface area contributed by atoms with Crippen LogP contribution in [0.15, 0.2) is 48.5 Å². The van der Waals surface area contributed by atoms with Crippen molar-refractivity contribution in [2.75, 3.05) is 63.1 Å². The highest BCUT2D eigenvalue weighted by Crippen LogP contribution is 2.32. The molecule has 2 aliphatic heterocycles. The summed E-state index contributed by atoms with van der Waals surface area (Å²) in [5.41, 5.74) is 0.714. The van der Waals surface area contributed by atoms with Crippen molar-refractivity contribution >= 4 is 23.8 Å². The van der Waals surface area contributed by atoms with E-state index in [4.69, 9.17) is 9.47 Å². The number of benzene rings is 2. The van der Waals surface area contributed by atoms with Crippen LogP contribution in [0.3, 0.4) is 0 Å². The fraction of sp³-hybridized carbons (Fsp3) is 0.571. The molecule has 0 atom stereocenters. The lowest BCUT2D eigenvalue weighted by Crippen LogP contribution is -2.39. The molecule has 0 radical (unpaired) electrons. The zero-order valence-corrected chi connectivity index (χ0v) is 34.1. The molecule has 0 amide bonds. The average molecular weight is 801 g/mol. The van der Waals surface area contributed by atoms with Gasteiger partial charge < -0.3 is 30.3 Å². The molecular weight excluding hydrogens is 741 g/mol. The summed E-state index contributed by atoms with van der Waals surface area (Å²) in [6, 6.07) is 16.5. The number of aliphatic carboxylic acids is 2. The second-order valence-corrected chi connectivity index (χ2v) is 15.7. The number of hydrogen-bond donors (Lipinski definition) is 4. The molecule has 16 heteroatoms. The molecular formula is C42H60N10O6. The SMILES string of the molecule is Cn1nc(CC(CC(=O)O)(Cc2nc(NCCCOc3cccc(CN4CCCCC4)c3)n(C)n2)C(=O)O)nc1NCCCOc1cccc(CN2CCCCC2)c1. The largest absolute Gasteiger partial charge is 0.494 e. The highest BCUT2D eigenvalue weighted by molar-refractivity contribution is 5.82. The third-order valence-corrected chi connectivity index (χ3v) is 10.8. The number of aromatic nitrogens is 6. The van der Waals surface area contributed by atoms with Crippen molar-refractivity contribution in [1.82, 2.24) is 39.3 Å². The van der Waals surface area contributed by atoms with Crippen LogP contribution in [0.4, 0.5) is 11.9 Å². The van der Waals surface area contributed by atoms with Gasteiger partial charge in [-0.2, -0.15) is 20.2 Å². The number of likely N-dealkylation sites (tertiary alicyclic amines) is 2. The van der Waals surface area contributed by atoms with Gasteiger partial charge in [0.05, 0.1) is 25.0 Å². The minimum absolute atomic E-state index is 0.210. The number of piperidine rings is 2. The molecule has 0 bridgehead atoms. The summed E-state index contributed by atoms with van der Waals surface area (Å²) >= 11 is 0. The highest BCUT2D eigenvalue weighted by atomic mass is 16.5. The maximum absolute atomic E-state index is 12.9. The lowest BCUT2D eigenvalue weighted by atomic mass is 9.77. The van der Waals surface area contributed by atoms with Crippen molar-refractivity contribution in [2.45, 2.75) is 83.7 Å². The Labute approximate surface area is 340 Å². The van der Waals surface area contributed by atoms with Crippen LogP contribution in [-0.2, 0) is 49.6 Å². The first kappa shape index (κ1) is 42.4. The molecule has 4 heterocycles. The van der Waals surface area contributed by atoms with Gasteiger partial charge in [-0.05, 0) is 100 Å². The van der Waals surface area contributed by atoms with Crippen molar-refractivity contribution in [3.05, 3.63) is 71.3 Å². The van der Waals surface area contributed by atoms with E-state index in [-0.39, 0.29) is 24.5 Å². The Balaban J connectivity index is 0.971. The van der Waals surface area contributed by atoms with Gasteiger partial charge in [-0.3, -0.25) is 19.4 Å². The maximum Gasteiger partial charge on any atom is 0.311 e. The quantitative estimate of drug-likeness (QED) is 0.0735. The van der Waals surface area contributed by atoms with Crippen molar-refractivity contribution in [2.24, 2.45) is 19.5 Å². The van der Waals surface area contributed by atoms with Gasteiger partial charge in [0, 0.05) is 53.1 Å². The number of carbonyl (C=O) groups is 2. The molecule has 314 valence electrons. The van der Waals surface area contributed by atoms with Crippen LogP contribution < -0.4 is 20.1 Å². The summed E-state index contributed by atoms with van der Waals surface area (Å²) in [5.74, 6) is 0.467. The van der Waals surface area contributed by atoms with Crippen molar-refractivity contribution in [3.63, 3.8) is 0 Å². The van der Waals surface area contributed by atoms with Gasteiger partial charge in [-0.25, -0.2) is 9.36 Å². The Bertz CT molecular complexity index is 1800. The fourth-order valence-corrected chi connectivity index (χ4v) is 7.79. The zero-order chi connectivity index (χ0) is 40.7. The van der Waals surface area contributed by atoms with Crippen LogP contribution in [0.1, 0.15) is 80.6 Å². The average Bonchev–Trinajstić information content (AvgIpc) is 3.73. The second-order valence-electron chi connectivity index (χ2n) is 15.7. The number of hydrogen-bond acceptors (Lipinski definition) is 12. The summed E-state index contributed by atoms with van der Waals surface area (Å²) in [4.78, 5) is 39.0. The molecule has 0 unspecified atom stereocenters. The maximum atomic E-state index is 12.9. The molecule has 2 aliphatic rings. The Kier molecular flexibility index (Phi) is 15.3. The van der Waals surface area contributed by atoms with E-state index in [2.05, 4.69) is 64.9 Å². The van der Waals surface area contributed by atoms with E-state index in [1.54, 1.807) is 14.1 Å². The molecule has 2 aromatic heterocycles. The van der Waals surface area contributed by atoms with Crippen LogP contribution in [0.2, 0.25) is 0 Å². The molecule has 2 aromatic carbocycles. The highest BCUT2D eigenvalue weighted by Gasteiger charge is 2.44. The molecule has 16 nitrogen and oxygen atoms in total. The summed E-state index contributed by atoms with van der Waals surface area (Å²) in [5, 5.41) is 35.7. The zero-order valence-electron chi connectivity index (χ0n) is 34.1. The van der Waals surface area contributed by atoms with Crippen molar-refractivity contribution in [1.29, 1.82) is 0 Å². The normalized spacial score (nSPS) is 15.3. The monoisotopic (exact) mass is 800 g/mol. The topological polar surface area (TPSA) is 185 Å². The summed E-state index contributed by atoms with van der Waals surface area (Å²) in [6.45, 7) is 8.54. The van der Waals surface area contributed by atoms with Gasteiger partial charge in [0.25, 0.3) is 0 Å². The third-order valence-electron chi connectivity index (χ3n) is 10.8.